The predicted molar refractivity (Wildman–Crippen MR) is 96.6 cm³/mol. The number of nitrogens with zero attached hydrogens (tertiary/aromatic N) is 1. The van der Waals surface area contributed by atoms with Crippen molar-refractivity contribution in [2.24, 2.45) is 0 Å². The molecule has 0 radical (unpaired) electrons. The maximum Gasteiger partial charge on any atom is 0.0413 e. The van der Waals surface area contributed by atoms with Crippen LogP contribution >= 0.6 is 0 Å². The van der Waals surface area contributed by atoms with E-state index in [2.05, 4.69) is 67.3 Å². The maximum atomic E-state index is 2.33. The highest BCUT2D eigenvalue weighted by atomic mass is 15.2. The quantitative estimate of drug-likeness (QED) is 0.578. The fourth-order valence-electron chi connectivity index (χ4n) is 2.31. The lowest BCUT2D eigenvalue weighted by molar-refractivity contribution is 0.789. The second kappa shape index (κ2) is 8.68. The number of benzene rings is 3. The second-order valence-electron chi connectivity index (χ2n) is 5.29. The summed E-state index contributed by atoms with van der Waals surface area (Å²) in [5, 5.41) is 0. The highest BCUT2D eigenvalue weighted by Gasteiger charge is 2.11. The summed E-state index contributed by atoms with van der Waals surface area (Å²) in [6.45, 7) is 4.42. The largest absolute Gasteiger partial charge is 0.339 e. The van der Waals surface area contributed by atoms with Gasteiger partial charge in [-0.2, -0.15) is 0 Å². The van der Waals surface area contributed by atoms with Crippen LogP contribution in [0, 0.1) is 0 Å². The summed E-state index contributed by atoms with van der Waals surface area (Å²) in [5.74, 6) is 0. The minimum Gasteiger partial charge on any atom is -0.339 e. The summed E-state index contributed by atoms with van der Waals surface area (Å²) in [5.41, 5.74) is 2.48. The summed E-state index contributed by atoms with van der Waals surface area (Å²) in [6.07, 6.45) is 0. The molecular formula is C21H23N. The zero-order valence-electron chi connectivity index (χ0n) is 13.3. The van der Waals surface area contributed by atoms with Crippen LogP contribution in [0.4, 0.5) is 11.4 Å². The van der Waals surface area contributed by atoms with Gasteiger partial charge in [-0.1, -0.05) is 72.8 Å². The maximum absolute atomic E-state index is 2.33. The highest BCUT2D eigenvalue weighted by Crippen LogP contribution is 2.26. The van der Waals surface area contributed by atoms with Gasteiger partial charge in [-0.3, -0.25) is 0 Å². The van der Waals surface area contributed by atoms with Crippen LogP contribution in [0.2, 0.25) is 0 Å². The van der Waals surface area contributed by atoms with Crippen LogP contribution in [0.25, 0.3) is 0 Å². The Morgan fingerprint density at radius 2 is 0.773 bits per heavy atom. The van der Waals surface area contributed by atoms with Crippen LogP contribution in [-0.4, -0.2) is 6.04 Å². The normalized spacial score (nSPS) is 9.77. The van der Waals surface area contributed by atoms with Crippen molar-refractivity contribution >= 4 is 11.4 Å². The van der Waals surface area contributed by atoms with Crippen molar-refractivity contribution in [1.29, 1.82) is 0 Å². The molecule has 3 rings (SSSR count). The van der Waals surface area contributed by atoms with Crippen LogP contribution in [-0.2, 0) is 0 Å². The zero-order valence-corrected chi connectivity index (χ0v) is 13.3. The monoisotopic (exact) mass is 289 g/mol. The van der Waals surface area contributed by atoms with Crippen LogP contribution in [0.1, 0.15) is 13.8 Å². The van der Waals surface area contributed by atoms with E-state index in [4.69, 9.17) is 0 Å². The van der Waals surface area contributed by atoms with Crippen molar-refractivity contribution < 1.29 is 0 Å². The van der Waals surface area contributed by atoms with Gasteiger partial charge in [-0.25, -0.2) is 0 Å². The van der Waals surface area contributed by atoms with E-state index < -0.39 is 0 Å². The van der Waals surface area contributed by atoms with Crippen molar-refractivity contribution in [3.8, 4) is 0 Å². The lowest BCUT2D eigenvalue weighted by Gasteiger charge is -2.29. The van der Waals surface area contributed by atoms with Gasteiger partial charge in [-0.05, 0) is 38.1 Å². The summed E-state index contributed by atoms with van der Waals surface area (Å²) in [6, 6.07) is 33.4. The third-order valence-electron chi connectivity index (χ3n) is 3.25. The molecule has 3 aromatic carbocycles. The molecular weight excluding hydrogens is 266 g/mol. The molecule has 0 saturated carbocycles. The topological polar surface area (TPSA) is 3.24 Å². The van der Waals surface area contributed by atoms with Crippen LogP contribution in [0.3, 0.4) is 0 Å². The fourth-order valence-corrected chi connectivity index (χ4v) is 2.31. The predicted octanol–water partition coefficient (Wildman–Crippen LogP) is 5.92. The van der Waals surface area contributed by atoms with Crippen molar-refractivity contribution in [2.75, 3.05) is 4.90 Å². The molecule has 112 valence electrons. The smallest absolute Gasteiger partial charge is 0.0413 e. The van der Waals surface area contributed by atoms with E-state index in [0.29, 0.717) is 6.04 Å². The molecule has 0 unspecified atom stereocenters. The SMILES string of the molecule is CC(C)N(c1ccccc1)c1ccccc1.c1ccccc1. The Bertz CT molecular complexity index is 552. The van der Waals surface area contributed by atoms with Crippen molar-refractivity contribution in [3.05, 3.63) is 97.1 Å². The number of para-hydroxylation sites is 2. The first-order valence-corrected chi connectivity index (χ1v) is 7.68. The molecule has 1 nitrogen and oxygen atoms in total. The molecule has 0 heterocycles. The standard InChI is InChI=1S/C15H17N.C6H6/c1-13(2)16(14-9-5-3-6-10-14)15-11-7-4-8-12-15;1-2-4-6-5-3-1/h3-13H,1-2H3;1-6H. The van der Waals surface area contributed by atoms with Gasteiger partial charge in [0.25, 0.3) is 0 Å². The fraction of sp³-hybridized carbons (Fsp3) is 0.143. The Labute approximate surface area is 133 Å². The van der Waals surface area contributed by atoms with Gasteiger partial charge in [0.2, 0.25) is 0 Å². The van der Waals surface area contributed by atoms with Gasteiger partial charge in [0.15, 0.2) is 0 Å². The first-order valence-electron chi connectivity index (χ1n) is 7.68. The van der Waals surface area contributed by atoms with Crippen molar-refractivity contribution in [3.63, 3.8) is 0 Å². The Hall–Kier alpha value is -2.54. The molecule has 0 fully saturated rings. The third kappa shape index (κ3) is 4.78. The zero-order chi connectivity index (χ0) is 15.6. The van der Waals surface area contributed by atoms with E-state index in [1.165, 1.54) is 11.4 Å². The minimum absolute atomic E-state index is 0.449. The Balaban J connectivity index is 0.000000246. The summed E-state index contributed by atoms with van der Waals surface area (Å²) >= 11 is 0. The molecule has 1 heteroatoms. The average Bonchev–Trinajstić information content (AvgIpc) is 2.59. The lowest BCUT2D eigenvalue weighted by atomic mass is 10.2. The van der Waals surface area contributed by atoms with E-state index >= 15 is 0 Å². The number of hydrogen-bond acceptors (Lipinski definition) is 1. The van der Waals surface area contributed by atoms with E-state index in [-0.39, 0.29) is 0 Å². The summed E-state index contributed by atoms with van der Waals surface area (Å²) < 4.78 is 0. The van der Waals surface area contributed by atoms with Gasteiger partial charge >= 0.3 is 0 Å². The molecule has 0 aliphatic heterocycles. The molecule has 3 aromatic rings. The number of anilines is 2. The van der Waals surface area contributed by atoms with E-state index in [1.54, 1.807) is 0 Å². The van der Waals surface area contributed by atoms with Crippen LogP contribution < -0.4 is 4.90 Å². The van der Waals surface area contributed by atoms with Gasteiger partial charge in [0, 0.05) is 17.4 Å². The lowest BCUT2D eigenvalue weighted by Crippen LogP contribution is -2.25. The van der Waals surface area contributed by atoms with Crippen molar-refractivity contribution in [2.45, 2.75) is 19.9 Å². The molecule has 0 saturated heterocycles. The average molecular weight is 289 g/mol. The molecule has 0 aliphatic rings. The number of rotatable bonds is 3. The van der Waals surface area contributed by atoms with E-state index in [1.807, 2.05) is 48.5 Å². The second-order valence-corrected chi connectivity index (χ2v) is 5.29. The molecule has 0 aliphatic carbocycles. The Kier molecular flexibility index (Phi) is 6.25. The van der Waals surface area contributed by atoms with Gasteiger partial charge in [0.1, 0.15) is 0 Å². The molecule has 0 bridgehead atoms. The summed E-state index contributed by atoms with van der Waals surface area (Å²) in [7, 11) is 0. The van der Waals surface area contributed by atoms with Gasteiger partial charge in [0.05, 0.1) is 0 Å². The van der Waals surface area contributed by atoms with Crippen LogP contribution in [0.5, 0.6) is 0 Å². The first kappa shape index (κ1) is 15.8. The molecule has 0 N–H and O–H groups in total. The minimum atomic E-state index is 0.449. The molecule has 0 amide bonds. The highest BCUT2D eigenvalue weighted by molar-refractivity contribution is 5.63. The van der Waals surface area contributed by atoms with E-state index in [0.717, 1.165) is 0 Å². The van der Waals surface area contributed by atoms with Gasteiger partial charge in [-0.15, -0.1) is 0 Å². The van der Waals surface area contributed by atoms with Crippen LogP contribution in [0.15, 0.2) is 97.1 Å². The summed E-state index contributed by atoms with van der Waals surface area (Å²) in [4.78, 5) is 2.33. The van der Waals surface area contributed by atoms with E-state index in [9.17, 15) is 0 Å². The Morgan fingerprint density at radius 1 is 0.500 bits per heavy atom. The number of hydrogen-bond donors (Lipinski definition) is 0. The van der Waals surface area contributed by atoms with Crippen molar-refractivity contribution in [1.82, 2.24) is 0 Å². The first-order chi connectivity index (χ1) is 10.8. The van der Waals surface area contributed by atoms with Gasteiger partial charge < -0.3 is 4.90 Å². The Morgan fingerprint density at radius 3 is 1.05 bits per heavy atom. The molecule has 0 aromatic heterocycles. The molecule has 0 atom stereocenters. The third-order valence-corrected chi connectivity index (χ3v) is 3.25. The molecule has 0 spiro atoms. The molecule has 22 heavy (non-hydrogen) atoms.